The van der Waals surface area contributed by atoms with Crippen LogP contribution in [0.5, 0.6) is 5.75 Å². The van der Waals surface area contributed by atoms with E-state index in [1.807, 2.05) is 6.07 Å². The van der Waals surface area contributed by atoms with Crippen LogP contribution in [0.1, 0.15) is 11.3 Å². The molecule has 5 nitrogen and oxygen atoms in total. The normalized spacial score (nSPS) is 10.2. The summed E-state index contributed by atoms with van der Waals surface area (Å²) in [5, 5.41) is 12.3. The third-order valence-corrected chi connectivity index (χ3v) is 2.78. The van der Waals surface area contributed by atoms with Crippen molar-refractivity contribution < 1.29 is 14.3 Å². The Balaban J connectivity index is 2.14. The minimum absolute atomic E-state index is 0.177. The molecule has 2 N–H and O–H groups in total. The zero-order chi connectivity index (χ0) is 13.7. The monoisotopic (exact) mass is 260 g/mol. The first-order valence-electron chi connectivity index (χ1n) is 5.96. The van der Waals surface area contributed by atoms with Crippen LogP contribution in [0.3, 0.4) is 0 Å². The molecule has 1 heterocycles. The van der Waals surface area contributed by atoms with Gasteiger partial charge in [0.1, 0.15) is 11.5 Å². The fourth-order valence-corrected chi connectivity index (χ4v) is 1.80. The molecular formula is C14H16N2O3. The fraction of sp³-hybridized carbons (Fsp3) is 0.214. The number of amides is 2. The van der Waals surface area contributed by atoms with Crippen molar-refractivity contribution in [2.24, 2.45) is 0 Å². The number of furan rings is 1. The molecule has 2 amide bonds. The van der Waals surface area contributed by atoms with E-state index in [-0.39, 0.29) is 11.8 Å². The average molecular weight is 260 g/mol. The Labute approximate surface area is 111 Å². The Morgan fingerprint density at radius 1 is 1.26 bits per heavy atom. The van der Waals surface area contributed by atoms with Crippen molar-refractivity contribution in [2.75, 3.05) is 7.05 Å². The number of carbonyl (C=O) groups excluding carboxylic acids is 1. The van der Waals surface area contributed by atoms with Gasteiger partial charge in [0, 0.05) is 12.6 Å². The van der Waals surface area contributed by atoms with Crippen LogP contribution < -0.4 is 5.32 Å². The van der Waals surface area contributed by atoms with Crippen molar-refractivity contribution in [3.63, 3.8) is 0 Å². The maximum Gasteiger partial charge on any atom is 0.317 e. The van der Waals surface area contributed by atoms with Crippen LogP contribution in [0, 0.1) is 0 Å². The van der Waals surface area contributed by atoms with Crippen molar-refractivity contribution in [1.82, 2.24) is 10.2 Å². The van der Waals surface area contributed by atoms with Crippen LogP contribution in [0.2, 0.25) is 0 Å². The summed E-state index contributed by atoms with van der Waals surface area (Å²) in [6.07, 6.45) is 1.57. The highest BCUT2D eigenvalue weighted by atomic mass is 16.3. The predicted octanol–water partition coefficient (Wildman–Crippen LogP) is 2.33. The summed E-state index contributed by atoms with van der Waals surface area (Å²) < 4.78 is 5.24. The van der Waals surface area contributed by atoms with Gasteiger partial charge in [-0.2, -0.15) is 0 Å². The number of nitrogens with one attached hydrogen (secondary N) is 1. The van der Waals surface area contributed by atoms with Gasteiger partial charge in [0.2, 0.25) is 0 Å². The molecule has 2 aromatic rings. The number of phenols is 1. The molecule has 0 fully saturated rings. The third-order valence-electron chi connectivity index (χ3n) is 2.78. The summed E-state index contributed by atoms with van der Waals surface area (Å²) in [5.41, 5.74) is 0.692. The zero-order valence-electron chi connectivity index (χ0n) is 10.7. The maximum absolute atomic E-state index is 11.8. The molecule has 1 aromatic carbocycles. The number of hydrogen-bond donors (Lipinski definition) is 2. The van der Waals surface area contributed by atoms with Crippen LogP contribution in [0.4, 0.5) is 4.79 Å². The molecule has 2 rings (SSSR count). The summed E-state index contributed by atoms with van der Waals surface area (Å²) in [4.78, 5) is 13.4. The smallest absolute Gasteiger partial charge is 0.317 e. The lowest BCUT2D eigenvalue weighted by atomic mass is 10.2. The van der Waals surface area contributed by atoms with E-state index in [0.717, 1.165) is 0 Å². The Morgan fingerprint density at radius 3 is 2.68 bits per heavy atom. The van der Waals surface area contributed by atoms with Crippen molar-refractivity contribution in [1.29, 1.82) is 0 Å². The zero-order valence-corrected chi connectivity index (χ0v) is 10.7. The molecule has 1 aromatic heterocycles. The van der Waals surface area contributed by atoms with E-state index in [2.05, 4.69) is 5.32 Å². The average Bonchev–Trinajstić information content (AvgIpc) is 2.92. The number of para-hydroxylation sites is 1. The molecule has 0 aliphatic rings. The summed E-state index contributed by atoms with van der Waals surface area (Å²) >= 11 is 0. The molecule has 100 valence electrons. The molecule has 5 heteroatoms. The van der Waals surface area contributed by atoms with Crippen LogP contribution in [0.25, 0.3) is 0 Å². The van der Waals surface area contributed by atoms with E-state index in [1.165, 1.54) is 0 Å². The van der Waals surface area contributed by atoms with Crippen molar-refractivity contribution in [3.8, 4) is 5.75 Å². The van der Waals surface area contributed by atoms with E-state index in [9.17, 15) is 9.90 Å². The van der Waals surface area contributed by atoms with E-state index in [4.69, 9.17) is 4.42 Å². The van der Waals surface area contributed by atoms with E-state index in [1.54, 1.807) is 48.5 Å². The number of urea groups is 1. The van der Waals surface area contributed by atoms with Gasteiger partial charge in [0.15, 0.2) is 0 Å². The second-order valence-corrected chi connectivity index (χ2v) is 4.12. The van der Waals surface area contributed by atoms with Gasteiger partial charge in [-0.25, -0.2) is 4.79 Å². The molecule has 0 radical (unpaired) electrons. The van der Waals surface area contributed by atoms with Gasteiger partial charge in [-0.15, -0.1) is 0 Å². The molecule has 0 atom stereocenters. The predicted molar refractivity (Wildman–Crippen MR) is 70.5 cm³/mol. The molecule has 0 saturated carbocycles. The minimum atomic E-state index is -0.223. The number of rotatable bonds is 4. The summed E-state index contributed by atoms with van der Waals surface area (Å²) in [6, 6.07) is 10.3. The SMILES string of the molecule is CNC(=O)N(Cc1ccco1)Cc1ccccc1O. The number of nitrogens with zero attached hydrogens (tertiary/aromatic N) is 1. The lowest BCUT2D eigenvalue weighted by molar-refractivity contribution is 0.189. The van der Waals surface area contributed by atoms with Gasteiger partial charge in [-0.1, -0.05) is 18.2 Å². The van der Waals surface area contributed by atoms with Gasteiger partial charge < -0.3 is 19.7 Å². The summed E-state index contributed by atoms with van der Waals surface area (Å²) in [6.45, 7) is 0.661. The van der Waals surface area contributed by atoms with Crippen LogP contribution in [0.15, 0.2) is 47.1 Å². The van der Waals surface area contributed by atoms with Gasteiger partial charge in [-0.05, 0) is 18.2 Å². The second-order valence-electron chi connectivity index (χ2n) is 4.12. The summed E-state index contributed by atoms with van der Waals surface area (Å²) in [7, 11) is 1.57. The Kier molecular flexibility index (Phi) is 4.07. The quantitative estimate of drug-likeness (QED) is 0.886. The van der Waals surface area contributed by atoms with Gasteiger partial charge in [0.25, 0.3) is 0 Å². The third kappa shape index (κ3) is 3.28. The van der Waals surface area contributed by atoms with Crippen LogP contribution >= 0.6 is 0 Å². The van der Waals surface area contributed by atoms with Gasteiger partial charge in [0.05, 0.1) is 19.4 Å². The number of benzene rings is 1. The first-order chi connectivity index (χ1) is 9.20. The van der Waals surface area contributed by atoms with Crippen molar-refractivity contribution >= 4 is 6.03 Å². The van der Waals surface area contributed by atoms with Gasteiger partial charge >= 0.3 is 6.03 Å². The Bertz CT molecular complexity index is 537. The first kappa shape index (κ1) is 13.0. The number of hydrogen-bond acceptors (Lipinski definition) is 3. The summed E-state index contributed by atoms with van der Waals surface area (Å²) in [5.74, 6) is 0.870. The minimum Gasteiger partial charge on any atom is -0.508 e. The first-order valence-corrected chi connectivity index (χ1v) is 5.96. The second kappa shape index (κ2) is 5.95. The number of phenolic OH excluding ortho intramolecular Hbond substituents is 1. The molecular weight excluding hydrogens is 244 g/mol. The topological polar surface area (TPSA) is 65.7 Å². The highest BCUT2D eigenvalue weighted by Gasteiger charge is 2.15. The number of aromatic hydroxyl groups is 1. The van der Waals surface area contributed by atoms with Crippen LogP contribution in [-0.4, -0.2) is 23.1 Å². The molecule has 0 saturated heterocycles. The highest BCUT2D eigenvalue weighted by Crippen LogP contribution is 2.19. The van der Waals surface area contributed by atoms with E-state index >= 15 is 0 Å². The molecule has 0 aliphatic carbocycles. The molecule has 0 spiro atoms. The standard InChI is InChI=1S/C14H16N2O3/c1-15-14(18)16(10-12-6-4-8-19-12)9-11-5-2-3-7-13(11)17/h2-8,17H,9-10H2,1H3,(H,15,18). The van der Waals surface area contributed by atoms with Crippen molar-refractivity contribution in [3.05, 3.63) is 54.0 Å². The molecule has 0 aliphatic heterocycles. The molecule has 0 bridgehead atoms. The number of carbonyl (C=O) groups is 1. The van der Waals surface area contributed by atoms with E-state index in [0.29, 0.717) is 24.4 Å². The molecule has 19 heavy (non-hydrogen) atoms. The van der Waals surface area contributed by atoms with Gasteiger partial charge in [-0.3, -0.25) is 0 Å². The van der Waals surface area contributed by atoms with Crippen LogP contribution in [-0.2, 0) is 13.1 Å². The lowest BCUT2D eigenvalue weighted by Crippen LogP contribution is -2.37. The largest absolute Gasteiger partial charge is 0.508 e. The van der Waals surface area contributed by atoms with Crippen molar-refractivity contribution in [2.45, 2.75) is 13.1 Å². The highest BCUT2D eigenvalue weighted by molar-refractivity contribution is 5.73. The lowest BCUT2D eigenvalue weighted by Gasteiger charge is -2.21. The maximum atomic E-state index is 11.8. The Morgan fingerprint density at radius 2 is 2.05 bits per heavy atom. The molecule has 0 unspecified atom stereocenters. The Hall–Kier alpha value is -2.43. The van der Waals surface area contributed by atoms with E-state index < -0.39 is 0 Å². The fourth-order valence-electron chi connectivity index (χ4n) is 1.80.